The lowest BCUT2D eigenvalue weighted by atomic mass is 10.0. The van der Waals surface area contributed by atoms with Crippen LogP contribution in [0, 0.1) is 11.2 Å². The summed E-state index contributed by atoms with van der Waals surface area (Å²) < 4.78 is 19.1. The number of pyridine rings is 1. The molecule has 2 heterocycles. The number of fused-ring (bicyclic) bond motifs is 1. The van der Waals surface area contributed by atoms with Gasteiger partial charge in [0.2, 0.25) is 0 Å². The summed E-state index contributed by atoms with van der Waals surface area (Å²) >= 11 is 0. The smallest absolute Gasteiger partial charge is 0.137 e. The summed E-state index contributed by atoms with van der Waals surface area (Å²) in [5.74, 6) is 0.225. The Morgan fingerprint density at radius 3 is 2.80 bits per heavy atom. The van der Waals surface area contributed by atoms with Crippen LogP contribution in [0.4, 0.5) is 10.2 Å². The molecule has 7 nitrogen and oxygen atoms in total. The molecule has 164 valence electrons. The topological polar surface area (TPSA) is 102 Å². The minimum atomic E-state index is -0.859. The zero-order valence-corrected chi connectivity index (χ0v) is 17.7. The zero-order valence-electron chi connectivity index (χ0n) is 17.7. The van der Waals surface area contributed by atoms with Gasteiger partial charge in [0, 0.05) is 43.3 Å². The summed E-state index contributed by atoms with van der Waals surface area (Å²) in [4.78, 5) is 4.55. The van der Waals surface area contributed by atoms with Crippen LogP contribution in [-0.4, -0.2) is 54.0 Å². The third kappa shape index (κ3) is 6.10. The fourth-order valence-electron chi connectivity index (χ4n) is 3.72. The molecule has 0 radical (unpaired) electrons. The monoisotopic (exact) mass is 417 g/mol. The third-order valence-corrected chi connectivity index (χ3v) is 5.37. The number of benzene rings is 1. The average molecular weight is 418 g/mol. The summed E-state index contributed by atoms with van der Waals surface area (Å²) in [5.41, 5.74) is 1.07. The van der Waals surface area contributed by atoms with Gasteiger partial charge in [0.05, 0.1) is 11.1 Å². The molecule has 0 amide bonds. The number of nitrogens with zero attached hydrogens (tertiary/aromatic N) is 1. The van der Waals surface area contributed by atoms with Gasteiger partial charge >= 0.3 is 0 Å². The van der Waals surface area contributed by atoms with Gasteiger partial charge in [0.1, 0.15) is 23.7 Å². The third-order valence-electron chi connectivity index (χ3n) is 5.37. The molecule has 1 aliphatic heterocycles. The number of anilines is 1. The average Bonchev–Trinajstić information content (AvgIpc) is 2.72. The van der Waals surface area contributed by atoms with Crippen LogP contribution >= 0.6 is 0 Å². The number of hydrogen-bond donors (Lipinski definition) is 5. The standard InChI is InChI=1S/C22H32FN5O2/c1-3-17(27-18-7-10-30-11-8-18)6-9-25-22-19(21(24)26-14(2)29)12-15-4-5-16(23)13-20(15)28-22/h4-5,12-14,17-18,27,29H,3,6-11H2,1-2H3,(H2,24,26)(H,25,28). The van der Waals surface area contributed by atoms with Crippen LogP contribution in [0.1, 0.15) is 45.1 Å². The highest BCUT2D eigenvalue weighted by molar-refractivity contribution is 6.03. The van der Waals surface area contributed by atoms with Gasteiger partial charge < -0.3 is 25.8 Å². The number of halogens is 1. The first-order valence-corrected chi connectivity index (χ1v) is 10.7. The lowest BCUT2D eigenvalue weighted by Crippen LogP contribution is -2.42. The number of aliphatic hydroxyl groups is 1. The van der Waals surface area contributed by atoms with Gasteiger partial charge in [-0.2, -0.15) is 0 Å². The van der Waals surface area contributed by atoms with Crippen molar-refractivity contribution in [1.82, 2.24) is 15.6 Å². The van der Waals surface area contributed by atoms with Crippen molar-refractivity contribution in [1.29, 1.82) is 5.41 Å². The van der Waals surface area contributed by atoms with E-state index in [-0.39, 0.29) is 11.7 Å². The Labute approximate surface area is 176 Å². The molecule has 5 N–H and O–H groups in total. The normalized spacial score (nSPS) is 16.9. The Morgan fingerprint density at radius 1 is 1.33 bits per heavy atom. The largest absolute Gasteiger partial charge is 0.381 e. The van der Waals surface area contributed by atoms with Crippen molar-refractivity contribution in [2.75, 3.05) is 25.1 Å². The molecule has 30 heavy (non-hydrogen) atoms. The maximum absolute atomic E-state index is 13.7. The van der Waals surface area contributed by atoms with E-state index in [1.807, 2.05) is 0 Å². The molecule has 0 bridgehead atoms. The maximum atomic E-state index is 13.7. The highest BCUT2D eigenvalue weighted by Crippen LogP contribution is 2.22. The quantitative estimate of drug-likeness (QED) is 0.244. The van der Waals surface area contributed by atoms with E-state index in [2.05, 4.69) is 27.9 Å². The van der Waals surface area contributed by atoms with E-state index >= 15 is 0 Å². The van der Waals surface area contributed by atoms with Crippen molar-refractivity contribution >= 4 is 22.6 Å². The number of ether oxygens (including phenoxy) is 1. The minimum Gasteiger partial charge on any atom is -0.381 e. The molecule has 0 saturated carbocycles. The van der Waals surface area contributed by atoms with Gasteiger partial charge in [-0.1, -0.05) is 6.92 Å². The number of nitrogens with one attached hydrogen (secondary N) is 4. The maximum Gasteiger partial charge on any atom is 0.137 e. The zero-order chi connectivity index (χ0) is 21.5. The van der Waals surface area contributed by atoms with Gasteiger partial charge in [-0.3, -0.25) is 5.41 Å². The molecule has 8 heteroatoms. The molecule has 2 unspecified atom stereocenters. The molecule has 1 aromatic carbocycles. The Kier molecular flexibility index (Phi) is 7.95. The molecule has 1 fully saturated rings. The molecule has 2 aromatic rings. The highest BCUT2D eigenvalue weighted by Gasteiger charge is 2.18. The minimum absolute atomic E-state index is 0.0681. The Balaban J connectivity index is 1.71. The van der Waals surface area contributed by atoms with Gasteiger partial charge in [-0.25, -0.2) is 9.37 Å². The lowest BCUT2D eigenvalue weighted by Gasteiger charge is -2.28. The van der Waals surface area contributed by atoms with E-state index in [4.69, 9.17) is 10.1 Å². The van der Waals surface area contributed by atoms with Crippen molar-refractivity contribution in [2.24, 2.45) is 0 Å². The van der Waals surface area contributed by atoms with Crippen LogP contribution in [-0.2, 0) is 4.74 Å². The summed E-state index contributed by atoms with van der Waals surface area (Å²) in [6, 6.07) is 7.06. The lowest BCUT2D eigenvalue weighted by molar-refractivity contribution is 0.0745. The first kappa shape index (κ1) is 22.4. The second-order valence-corrected chi connectivity index (χ2v) is 7.79. The van der Waals surface area contributed by atoms with Crippen LogP contribution < -0.4 is 16.0 Å². The Hall–Kier alpha value is -2.29. The second-order valence-electron chi connectivity index (χ2n) is 7.79. The van der Waals surface area contributed by atoms with Crippen molar-refractivity contribution in [3.8, 4) is 0 Å². The fraction of sp³-hybridized carbons (Fsp3) is 0.545. The highest BCUT2D eigenvalue weighted by atomic mass is 19.1. The summed E-state index contributed by atoms with van der Waals surface area (Å²) in [6.45, 7) is 6.01. The van der Waals surface area contributed by atoms with E-state index in [1.54, 1.807) is 19.1 Å². The van der Waals surface area contributed by atoms with Gasteiger partial charge in [0.15, 0.2) is 0 Å². The predicted octanol–water partition coefficient (Wildman–Crippen LogP) is 2.98. The van der Waals surface area contributed by atoms with Crippen molar-refractivity contribution in [3.05, 3.63) is 35.6 Å². The van der Waals surface area contributed by atoms with Crippen LogP contribution in [0.25, 0.3) is 10.9 Å². The molecule has 3 rings (SSSR count). The predicted molar refractivity (Wildman–Crippen MR) is 118 cm³/mol. The van der Waals surface area contributed by atoms with Crippen molar-refractivity contribution in [3.63, 3.8) is 0 Å². The van der Waals surface area contributed by atoms with Crippen LogP contribution in [0.3, 0.4) is 0 Å². The van der Waals surface area contributed by atoms with E-state index in [1.165, 1.54) is 12.1 Å². The number of hydrogen-bond acceptors (Lipinski definition) is 6. The van der Waals surface area contributed by atoms with E-state index in [9.17, 15) is 9.50 Å². The second kappa shape index (κ2) is 10.7. The van der Waals surface area contributed by atoms with Crippen LogP contribution in [0.15, 0.2) is 24.3 Å². The number of aliphatic hydroxyl groups excluding tert-OH is 1. The van der Waals surface area contributed by atoms with Gasteiger partial charge in [-0.15, -0.1) is 0 Å². The number of amidine groups is 1. The molecule has 1 aromatic heterocycles. The first-order valence-electron chi connectivity index (χ1n) is 10.7. The molecule has 0 spiro atoms. The molecule has 1 aliphatic rings. The van der Waals surface area contributed by atoms with Gasteiger partial charge in [0.25, 0.3) is 0 Å². The fourth-order valence-corrected chi connectivity index (χ4v) is 3.72. The Bertz CT molecular complexity index is 855. The SMILES string of the molecule is CCC(CCNc1nc2cc(F)ccc2cc1C(=N)NC(C)O)NC1CCOCC1. The summed E-state index contributed by atoms with van der Waals surface area (Å²) in [5, 5.41) is 28.4. The first-order chi connectivity index (χ1) is 14.5. The summed E-state index contributed by atoms with van der Waals surface area (Å²) in [7, 11) is 0. The molecule has 1 saturated heterocycles. The van der Waals surface area contributed by atoms with E-state index < -0.39 is 6.23 Å². The summed E-state index contributed by atoms with van der Waals surface area (Å²) in [6.07, 6.45) is 3.12. The molecule has 0 aliphatic carbocycles. The number of aromatic nitrogens is 1. The molecular formula is C22H32FN5O2. The van der Waals surface area contributed by atoms with Crippen molar-refractivity contribution < 1.29 is 14.2 Å². The van der Waals surface area contributed by atoms with E-state index in [0.717, 1.165) is 44.3 Å². The Morgan fingerprint density at radius 2 is 2.10 bits per heavy atom. The van der Waals surface area contributed by atoms with Gasteiger partial charge in [-0.05, 0) is 50.8 Å². The van der Waals surface area contributed by atoms with E-state index in [0.29, 0.717) is 35.5 Å². The van der Waals surface area contributed by atoms with Crippen molar-refractivity contribution in [2.45, 2.75) is 57.8 Å². The molecular weight excluding hydrogens is 385 g/mol. The van der Waals surface area contributed by atoms with Crippen LogP contribution in [0.5, 0.6) is 0 Å². The molecule has 2 atom stereocenters. The number of rotatable bonds is 9. The van der Waals surface area contributed by atoms with Crippen LogP contribution in [0.2, 0.25) is 0 Å².